The van der Waals surface area contributed by atoms with Gasteiger partial charge in [-0.3, -0.25) is 4.68 Å². The zero-order chi connectivity index (χ0) is 13.5. The zero-order valence-corrected chi connectivity index (χ0v) is 12.7. The molecule has 0 radical (unpaired) electrons. The van der Waals surface area contributed by atoms with E-state index in [2.05, 4.69) is 55.8 Å². The molecule has 1 aromatic heterocycles. The summed E-state index contributed by atoms with van der Waals surface area (Å²) in [5.74, 6) is 0.690. The van der Waals surface area contributed by atoms with Gasteiger partial charge in [0.2, 0.25) is 0 Å². The lowest BCUT2D eigenvalue weighted by molar-refractivity contribution is 0.374. The van der Waals surface area contributed by atoms with E-state index in [4.69, 9.17) is 0 Å². The van der Waals surface area contributed by atoms with Gasteiger partial charge in [0.15, 0.2) is 0 Å². The van der Waals surface area contributed by atoms with Crippen molar-refractivity contribution in [3.8, 4) is 0 Å². The molecule has 0 fully saturated rings. The van der Waals surface area contributed by atoms with Gasteiger partial charge in [0, 0.05) is 18.3 Å². The largest absolute Gasteiger partial charge is 0.314 e. The van der Waals surface area contributed by atoms with Gasteiger partial charge in [0.25, 0.3) is 0 Å². The van der Waals surface area contributed by atoms with E-state index < -0.39 is 0 Å². The second-order valence-electron chi connectivity index (χ2n) is 5.44. The summed E-state index contributed by atoms with van der Waals surface area (Å²) in [4.78, 5) is 0. The standard InChI is InChI=1S/C15H29N3/c1-6-10-16-15(12(3)4)9-8-14-11-13(5)17-18(14)7-2/h11-12,15-16H,6-10H2,1-5H3. The third kappa shape index (κ3) is 4.45. The second-order valence-corrected chi connectivity index (χ2v) is 5.44. The molecule has 1 unspecified atom stereocenters. The number of hydrogen-bond donors (Lipinski definition) is 1. The van der Waals surface area contributed by atoms with Crippen molar-refractivity contribution in [2.24, 2.45) is 5.92 Å². The van der Waals surface area contributed by atoms with Crippen LogP contribution in [-0.2, 0) is 13.0 Å². The normalized spacial score (nSPS) is 13.2. The molecule has 1 aromatic rings. The molecule has 3 heteroatoms. The van der Waals surface area contributed by atoms with Crippen molar-refractivity contribution in [1.82, 2.24) is 15.1 Å². The molecule has 1 N–H and O–H groups in total. The van der Waals surface area contributed by atoms with Crippen LogP contribution in [0.25, 0.3) is 0 Å². The summed E-state index contributed by atoms with van der Waals surface area (Å²) in [6, 6.07) is 2.84. The number of aryl methyl sites for hydroxylation is 3. The molecule has 1 heterocycles. The SMILES string of the molecule is CCCNC(CCc1cc(C)nn1CC)C(C)C. The highest BCUT2D eigenvalue weighted by molar-refractivity contribution is 5.09. The van der Waals surface area contributed by atoms with Crippen LogP contribution >= 0.6 is 0 Å². The maximum Gasteiger partial charge on any atom is 0.0596 e. The minimum absolute atomic E-state index is 0.616. The molecule has 18 heavy (non-hydrogen) atoms. The molecule has 0 aromatic carbocycles. The second kappa shape index (κ2) is 7.57. The first-order valence-corrected chi connectivity index (χ1v) is 7.35. The van der Waals surface area contributed by atoms with Gasteiger partial charge in [-0.25, -0.2) is 0 Å². The summed E-state index contributed by atoms with van der Waals surface area (Å²) >= 11 is 0. The van der Waals surface area contributed by atoms with Crippen LogP contribution in [0.3, 0.4) is 0 Å². The molecule has 0 amide bonds. The first-order chi connectivity index (χ1) is 8.58. The van der Waals surface area contributed by atoms with E-state index >= 15 is 0 Å². The Kier molecular flexibility index (Phi) is 6.41. The highest BCUT2D eigenvalue weighted by Gasteiger charge is 2.13. The summed E-state index contributed by atoms with van der Waals surface area (Å²) in [7, 11) is 0. The van der Waals surface area contributed by atoms with Gasteiger partial charge in [-0.1, -0.05) is 20.8 Å². The lowest BCUT2D eigenvalue weighted by atomic mass is 9.98. The van der Waals surface area contributed by atoms with Crippen LogP contribution in [-0.4, -0.2) is 22.4 Å². The van der Waals surface area contributed by atoms with Gasteiger partial charge in [-0.05, 0) is 51.6 Å². The zero-order valence-electron chi connectivity index (χ0n) is 12.7. The third-order valence-electron chi connectivity index (χ3n) is 3.46. The van der Waals surface area contributed by atoms with Gasteiger partial charge in [0.1, 0.15) is 0 Å². The van der Waals surface area contributed by atoms with Crippen molar-refractivity contribution in [3.63, 3.8) is 0 Å². The molecule has 0 saturated carbocycles. The van der Waals surface area contributed by atoms with Gasteiger partial charge < -0.3 is 5.32 Å². The fraction of sp³-hybridized carbons (Fsp3) is 0.800. The van der Waals surface area contributed by atoms with Crippen molar-refractivity contribution in [2.45, 2.75) is 66.5 Å². The Labute approximate surface area is 112 Å². The average Bonchev–Trinajstić information content (AvgIpc) is 2.69. The van der Waals surface area contributed by atoms with E-state index in [1.165, 1.54) is 18.5 Å². The van der Waals surface area contributed by atoms with Crippen LogP contribution in [0.2, 0.25) is 0 Å². The van der Waals surface area contributed by atoms with Gasteiger partial charge >= 0.3 is 0 Å². The van der Waals surface area contributed by atoms with E-state index in [-0.39, 0.29) is 0 Å². The Balaban J connectivity index is 2.55. The number of nitrogens with zero attached hydrogens (tertiary/aromatic N) is 2. The number of hydrogen-bond acceptors (Lipinski definition) is 2. The van der Waals surface area contributed by atoms with E-state index in [9.17, 15) is 0 Å². The van der Waals surface area contributed by atoms with E-state index in [1.54, 1.807) is 0 Å². The molecule has 0 aliphatic heterocycles. The Morgan fingerprint density at radius 1 is 1.33 bits per heavy atom. The average molecular weight is 251 g/mol. The summed E-state index contributed by atoms with van der Waals surface area (Å²) in [6.07, 6.45) is 3.52. The van der Waals surface area contributed by atoms with Crippen LogP contribution in [0.5, 0.6) is 0 Å². The number of rotatable bonds is 8. The molecule has 0 saturated heterocycles. The summed E-state index contributed by atoms with van der Waals surface area (Å²) < 4.78 is 2.13. The van der Waals surface area contributed by atoms with Crippen LogP contribution in [0.1, 0.15) is 51.9 Å². The maximum atomic E-state index is 4.51. The first kappa shape index (κ1) is 15.2. The quantitative estimate of drug-likeness (QED) is 0.769. The van der Waals surface area contributed by atoms with Crippen molar-refractivity contribution < 1.29 is 0 Å². The lowest BCUT2D eigenvalue weighted by Crippen LogP contribution is -2.35. The van der Waals surface area contributed by atoms with Gasteiger partial charge in [-0.15, -0.1) is 0 Å². The number of nitrogens with one attached hydrogen (secondary N) is 1. The van der Waals surface area contributed by atoms with Crippen molar-refractivity contribution in [3.05, 3.63) is 17.5 Å². The Bertz CT molecular complexity index is 342. The molecule has 3 nitrogen and oxygen atoms in total. The molecular weight excluding hydrogens is 222 g/mol. The minimum Gasteiger partial charge on any atom is -0.314 e. The Morgan fingerprint density at radius 3 is 2.61 bits per heavy atom. The summed E-state index contributed by atoms with van der Waals surface area (Å²) in [5, 5.41) is 8.16. The lowest BCUT2D eigenvalue weighted by Gasteiger charge is -2.22. The van der Waals surface area contributed by atoms with Crippen molar-refractivity contribution in [2.75, 3.05) is 6.54 Å². The number of aromatic nitrogens is 2. The molecule has 0 spiro atoms. The van der Waals surface area contributed by atoms with E-state index in [0.29, 0.717) is 12.0 Å². The van der Waals surface area contributed by atoms with Crippen molar-refractivity contribution in [1.29, 1.82) is 0 Å². The summed E-state index contributed by atoms with van der Waals surface area (Å²) in [6.45, 7) is 13.1. The Morgan fingerprint density at radius 2 is 2.06 bits per heavy atom. The van der Waals surface area contributed by atoms with Crippen LogP contribution < -0.4 is 5.32 Å². The fourth-order valence-electron chi connectivity index (χ4n) is 2.38. The van der Waals surface area contributed by atoms with E-state index in [0.717, 1.165) is 25.2 Å². The fourth-order valence-corrected chi connectivity index (χ4v) is 2.38. The van der Waals surface area contributed by atoms with Gasteiger partial charge in [-0.2, -0.15) is 5.10 Å². The van der Waals surface area contributed by atoms with Gasteiger partial charge in [0.05, 0.1) is 5.69 Å². The highest BCUT2D eigenvalue weighted by Crippen LogP contribution is 2.12. The molecule has 0 aliphatic carbocycles. The third-order valence-corrected chi connectivity index (χ3v) is 3.46. The molecule has 0 bridgehead atoms. The highest BCUT2D eigenvalue weighted by atomic mass is 15.3. The molecule has 0 aliphatic rings. The minimum atomic E-state index is 0.616. The molecular formula is C15H29N3. The Hall–Kier alpha value is -0.830. The predicted octanol–water partition coefficient (Wildman–Crippen LogP) is 3.17. The monoisotopic (exact) mass is 251 g/mol. The topological polar surface area (TPSA) is 29.9 Å². The smallest absolute Gasteiger partial charge is 0.0596 e. The molecule has 1 atom stereocenters. The maximum absolute atomic E-state index is 4.51. The van der Waals surface area contributed by atoms with Crippen LogP contribution in [0, 0.1) is 12.8 Å². The molecule has 1 rings (SSSR count). The first-order valence-electron chi connectivity index (χ1n) is 7.35. The van der Waals surface area contributed by atoms with Crippen molar-refractivity contribution >= 4 is 0 Å². The van der Waals surface area contributed by atoms with Crippen LogP contribution in [0.4, 0.5) is 0 Å². The predicted molar refractivity (Wildman–Crippen MR) is 77.9 cm³/mol. The molecule has 104 valence electrons. The van der Waals surface area contributed by atoms with E-state index in [1.807, 2.05) is 0 Å². The van der Waals surface area contributed by atoms with Crippen LogP contribution in [0.15, 0.2) is 6.07 Å². The summed E-state index contributed by atoms with van der Waals surface area (Å²) in [5.41, 5.74) is 2.51.